The van der Waals surface area contributed by atoms with Crippen molar-refractivity contribution in [2.24, 2.45) is 0 Å². The number of imidazole rings is 1. The van der Waals surface area contributed by atoms with E-state index in [0.29, 0.717) is 6.04 Å². The number of hydrogen-bond acceptors (Lipinski definition) is 4. The first-order valence-electron chi connectivity index (χ1n) is 8.88. The summed E-state index contributed by atoms with van der Waals surface area (Å²) in [5.74, 6) is 1.25. The van der Waals surface area contributed by atoms with Crippen molar-refractivity contribution < 1.29 is 0 Å². The van der Waals surface area contributed by atoms with Gasteiger partial charge in [-0.1, -0.05) is 12.5 Å². The fraction of sp³-hybridized carbons (Fsp3) is 0.421. The van der Waals surface area contributed by atoms with Crippen LogP contribution in [-0.2, 0) is 13.0 Å². The van der Waals surface area contributed by atoms with Crippen LogP contribution in [0.5, 0.6) is 0 Å². The molecular formula is C19H21N5. The van der Waals surface area contributed by atoms with Gasteiger partial charge in [-0.3, -0.25) is 14.9 Å². The van der Waals surface area contributed by atoms with Gasteiger partial charge in [-0.05, 0) is 31.5 Å². The van der Waals surface area contributed by atoms with Crippen LogP contribution in [0.25, 0.3) is 22.3 Å². The molecular weight excluding hydrogens is 298 g/mol. The average Bonchev–Trinajstić information content (AvgIpc) is 2.87. The maximum atomic E-state index is 4.98. The Balaban J connectivity index is 1.55. The lowest BCUT2D eigenvalue weighted by atomic mass is 10.00. The molecule has 0 aliphatic carbocycles. The number of hydrogen-bond donors (Lipinski definition) is 0. The molecule has 5 heteroatoms. The molecule has 1 unspecified atom stereocenters. The van der Waals surface area contributed by atoms with Gasteiger partial charge in [0.1, 0.15) is 5.82 Å². The molecule has 4 heterocycles. The molecule has 0 spiro atoms. The van der Waals surface area contributed by atoms with Gasteiger partial charge in [0.25, 0.3) is 0 Å². The van der Waals surface area contributed by atoms with Crippen LogP contribution < -0.4 is 0 Å². The fourth-order valence-corrected chi connectivity index (χ4v) is 4.22. The fourth-order valence-electron chi connectivity index (χ4n) is 4.22. The molecule has 0 saturated carbocycles. The van der Waals surface area contributed by atoms with Crippen LogP contribution in [0.2, 0.25) is 0 Å². The van der Waals surface area contributed by atoms with E-state index in [9.17, 15) is 0 Å². The molecule has 1 saturated heterocycles. The van der Waals surface area contributed by atoms with Crippen molar-refractivity contribution in [2.75, 3.05) is 13.1 Å². The van der Waals surface area contributed by atoms with Crippen LogP contribution in [0.15, 0.2) is 36.8 Å². The lowest BCUT2D eigenvalue weighted by Crippen LogP contribution is -2.40. The minimum atomic E-state index is 0.677. The summed E-state index contributed by atoms with van der Waals surface area (Å²) < 4.78 is 2.42. The van der Waals surface area contributed by atoms with Crippen LogP contribution >= 0.6 is 0 Å². The summed E-state index contributed by atoms with van der Waals surface area (Å²) in [4.78, 5) is 16.2. The highest BCUT2D eigenvalue weighted by atomic mass is 15.2. The van der Waals surface area contributed by atoms with Gasteiger partial charge >= 0.3 is 0 Å². The zero-order chi connectivity index (χ0) is 15.9. The van der Waals surface area contributed by atoms with Crippen LogP contribution in [0, 0.1) is 0 Å². The number of nitrogens with zero attached hydrogens (tertiary/aromatic N) is 5. The average molecular weight is 319 g/mol. The summed E-state index contributed by atoms with van der Waals surface area (Å²) in [5, 5.41) is 0. The largest absolute Gasteiger partial charge is 0.327 e. The third-order valence-electron chi connectivity index (χ3n) is 5.46. The van der Waals surface area contributed by atoms with Crippen molar-refractivity contribution in [3.05, 3.63) is 42.6 Å². The summed E-state index contributed by atoms with van der Waals surface area (Å²) in [6.07, 6.45) is 10.3. The Morgan fingerprint density at radius 1 is 1.04 bits per heavy atom. The zero-order valence-electron chi connectivity index (χ0n) is 13.7. The van der Waals surface area contributed by atoms with E-state index < -0.39 is 0 Å². The number of piperidine rings is 1. The molecule has 122 valence electrons. The highest BCUT2D eigenvalue weighted by molar-refractivity contribution is 5.81. The highest BCUT2D eigenvalue weighted by Gasteiger charge is 2.27. The summed E-state index contributed by atoms with van der Waals surface area (Å²) >= 11 is 0. The van der Waals surface area contributed by atoms with Crippen molar-refractivity contribution in [1.82, 2.24) is 24.4 Å². The Morgan fingerprint density at radius 3 is 2.96 bits per heavy atom. The third kappa shape index (κ3) is 2.31. The van der Waals surface area contributed by atoms with Crippen molar-refractivity contribution in [3.8, 4) is 11.3 Å². The van der Waals surface area contributed by atoms with Gasteiger partial charge in [-0.2, -0.15) is 0 Å². The van der Waals surface area contributed by atoms with Crippen molar-refractivity contribution in [1.29, 1.82) is 0 Å². The van der Waals surface area contributed by atoms with Gasteiger partial charge < -0.3 is 4.57 Å². The first-order chi connectivity index (χ1) is 11.9. The third-order valence-corrected chi connectivity index (χ3v) is 5.46. The van der Waals surface area contributed by atoms with Gasteiger partial charge in [0.05, 0.1) is 22.9 Å². The van der Waals surface area contributed by atoms with E-state index in [-0.39, 0.29) is 0 Å². The van der Waals surface area contributed by atoms with E-state index in [1.165, 1.54) is 37.1 Å². The number of fused-ring (bicyclic) bond motifs is 4. The first kappa shape index (κ1) is 14.1. The molecule has 3 aromatic rings. The molecule has 0 amide bonds. The van der Waals surface area contributed by atoms with Crippen molar-refractivity contribution >= 4 is 11.0 Å². The summed E-state index contributed by atoms with van der Waals surface area (Å²) in [7, 11) is 0. The van der Waals surface area contributed by atoms with Gasteiger partial charge in [0, 0.05) is 43.5 Å². The molecule has 0 radical (unpaired) electrons. The second kappa shape index (κ2) is 5.67. The lowest BCUT2D eigenvalue weighted by Gasteiger charge is -2.33. The zero-order valence-corrected chi connectivity index (χ0v) is 13.7. The summed E-state index contributed by atoms with van der Waals surface area (Å²) in [5.41, 5.74) is 4.32. The molecule has 5 rings (SSSR count). The Labute approximate surface area is 141 Å². The highest BCUT2D eigenvalue weighted by Crippen LogP contribution is 2.28. The topological polar surface area (TPSA) is 46.8 Å². The number of benzene rings is 1. The van der Waals surface area contributed by atoms with E-state index in [1.807, 2.05) is 6.20 Å². The van der Waals surface area contributed by atoms with Crippen molar-refractivity contribution in [3.63, 3.8) is 0 Å². The molecule has 24 heavy (non-hydrogen) atoms. The van der Waals surface area contributed by atoms with Crippen molar-refractivity contribution in [2.45, 2.75) is 38.3 Å². The molecule has 2 aliphatic rings. The Kier molecular flexibility index (Phi) is 3.33. The Hall–Kier alpha value is -2.27. The van der Waals surface area contributed by atoms with E-state index in [4.69, 9.17) is 4.98 Å². The van der Waals surface area contributed by atoms with Gasteiger partial charge in [-0.15, -0.1) is 0 Å². The molecule has 2 aliphatic heterocycles. The first-order valence-corrected chi connectivity index (χ1v) is 8.88. The lowest BCUT2D eigenvalue weighted by molar-refractivity contribution is 0.152. The van der Waals surface area contributed by atoms with Gasteiger partial charge in [0.15, 0.2) is 0 Å². The van der Waals surface area contributed by atoms with Gasteiger partial charge in [-0.25, -0.2) is 4.98 Å². The van der Waals surface area contributed by atoms with Crippen LogP contribution in [0.4, 0.5) is 0 Å². The number of aromatic nitrogens is 4. The Bertz CT molecular complexity index is 870. The molecule has 5 nitrogen and oxygen atoms in total. The standard InChI is InChI=1S/C19H21N5/c1-2-8-23-9-10-24-18-5-4-14(17-13-20-6-7-21-17)11-16(18)22-19(24)12-15(23)3-1/h4-7,11,13,15H,1-3,8-10,12H2. The quantitative estimate of drug-likeness (QED) is 0.692. The monoisotopic (exact) mass is 319 g/mol. The predicted molar refractivity (Wildman–Crippen MR) is 93.7 cm³/mol. The summed E-state index contributed by atoms with van der Waals surface area (Å²) in [6, 6.07) is 7.16. The molecule has 2 aromatic heterocycles. The van der Waals surface area contributed by atoms with Gasteiger partial charge in [0.2, 0.25) is 0 Å². The normalized spacial score (nSPS) is 21.2. The van der Waals surface area contributed by atoms with E-state index in [0.717, 1.165) is 36.3 Å². The molecule has 1 atom stereocenters. The minimum absolute atomic E-state index is 0.677. The van der Waals surface area contributed by atoms with Crippen LogP contribution in [0.3, 0.4) is 0 Å². The molecule has 1 fully saturated rings. The van der Waals surface area contributed by atoms with E-state index in [1.54, 1.807) is 12.4 Å². The maximum Gasteiger partial charge on any atom is 0.111 e. The smallest absolute Gasteiger partial charge is 0.111 e. The second-order valence-electron chi connectivity index (χ2n) is 6.86. The maximum absolute atomic E-state index is 4.98. The second-order valence-corrected chi connectivity index (χ2v) is 6.86. The minimum Gasteiger partial charge on any atom is -0.327 e. The SMILES string of the molecule is c1cnc(-c2ccc3c(c2)nc2n3CCN3CCCCC3C2)cn1. The van der Waals surface area contributed by atoms with Crippen LogP contribution in [0.1, 0.15) is 25.1 Å². The van der Waals surface area contributed by atoms with E-state index in [2.05, 4.69) is 37.6 Å². The number of rotatable bonds is 1. The molecule has 0 N–H and O–H groups in total. The Morgan fingerprint density at radius 2 is 2.04 bits per heavy atom. The van der Waals surface area contributed by atoms with E-state index >= 15 is 0 Å². The van der Waals surface area contributed by atoms with Crippen LogP contribution in [-0.4, -0.2) is 43.6 Å². The molecule has 0 bridgehead atoms. The molecule has 1 aromatic carbocycles. The predicted octanol–water partition coefficient (Wildman–Crippen LogP) is 2.90. The summed E-state index contributed by atoms with van der Waals surface area (Å²) in [6.45, 7) is 3.45.